The van der Waals surface area contributed by atoms with Gasteiger partial charge < -0.3 is 15.8 Å². The largest absolute Gasteiger partial charge is 0.495 e. The third kappa shape index (κ3) is 4.08. The lowest BCUT2D eigenvalue weighted by atomic mass is 10.3. The molecule has 1 amide bonds. The number of likely N-dealkylation sites (N-methyl/N-ethyl adjacent to an activating group) is 1. The van der Waals surface area contributed by atoms with Crippen LogP contribution in [0.1, 0.15) is 13.3 Å². The summed E-state index contributed by atoms with van der Waals surface area (Å²) in [5.74, 6) is 0.0378. The molecule has 0 aliphatic heterocycles. The van der Waals surface area contributed by atoms with Crippen molar-refractivity contribution in [2.75, 3.05) is 33.0 Å². The molecule has 0 saturated heterocycles. The molecule has 118 valence electrons. The molecule has 1 aromatic rings. The van der Waals surface area contributed by atoms with E-state index in [1.165, 1.54) is 32.4 Å². The molecule has 0 unspecified atom stereocenters. The predicted octanol–water partition coefficient (Wildman–Crippen LogP) is 0.424. The van der Waals surface area contributed by atoms with Gasteiger partial charge in [-0.1, -0.05) is 6.92 Å². The summed E-state index contributed by atoms with van der Waals surface area (Å²) < 4.78 is 31.3. The summed E-state index contributed by atoms with van der Waals surface area (Å²) >= 11 is 0. The van der Waals surface area contributed by atoms with Gasteiger partial charge in [0.05, 0.1) is 24.2 Å². The maximum atomic E-state index is 12.6. The van der Waals surface area contributed by atoms with Crippen LogP contribution >= 0.6 is 0 Å². The Morgan fingerprint density at radius 1 is 1.43 bits per heavy atom. The van der Waals surface area contributed by atoms with Gasteiger partial charge in [0.1, 0.15) is 5.75 Å². The summed E-state index contributed by atoms with van der Waals surface area (Å²) in [5.41, 5.74) is 5.97. The van der Waals surface area contributed by atoms with Crippen LogP contribution < -0.4 is 15.8 Å². The summed E-state index contributed by atoms with van der Waals surface area (Å²) in [6, 6.07) is 4.24. The number of sulfonamides is 1. The highest BCUT2D eigenvalue weighted by Gasteiger charge is 2.26. The van der Waals surface area contributed by atoms with Crippen molar-refractivity contribution < 1.29 is 17.9 Å². The second-order valence-corrected chi connectivity index (χ2v) is 6.35. The highest BCUT2D eigenvalue weighted by molar-refractivity contribution is 7.89. The minimum Gasteiger partial charge on any atom is -0.495 e. The average Bonchev–Trinajstić information content (AvgIpc) is 2.46. The van der Waals surface area contributed by atoms with Crippen molar-refractivity contribution in [3.63, 3.8) is 0 Å². The van der Waals surface area contributed by atoms with Gasteiger partial charge in [-0.25, -0.2) is 8.42 Å². The fourth-order valence-electron chi connectivity index (χ4n) is 1.79. The van der Waals surface area contributed by atoms with E-state index in [-0.39, 0.29) is 29.6 Å². The number of anilines is 1. The van der Waals surface area contributed by atoms with Crippen LogP contribution in [0.25, 0.3) is 0 Å². The quantitative estimate of drug-likeness (QED) is 0.710. The zero-order valence-corrected chi connectivity index (χ0v) is 13.2. The summed E-state index contributed by atoms with van der Waals surface area (Å²) in [4.78, 5) is 11.5. The molecule has 7 nitrogen and oxygen atoms in total. The van der Waals surface area contributed by atoms with E-state index in [1.807, 2.05) is 6.92 Å². The fraction of sp³-hybridized carbons (Fsp3) is 0.462. The van der Waals surface area contributed by atoms with Crippen LogP contribution in [-0.2, 0) is 14.8 Å². The molecule has 0 heterocycles. The van der Waals surface area contributed by atoms with Gasteiger partial charge in [0, 0.05) is 13.6 Å². The number of nitrogens with one attached hydrogen (secondary N) is 1. The van der Waals surface area contributed by atoms with Gasteiger partial charge in [-0.3, -0.25) is 4.79 Å². The second-order valence-electron chi connectivity index (χ2n) is 4.42. The Hall–Kier alpha value is -1.80. The molecule has 0 aromatic heterocycles. The number of nitrogens with zero attached hydrogens (tertiary/aromatic N) is 1. The monoisotopic (exact) mass is 315 g/mol. The fourth-order valence-corrected chi connectivity index (χ4v) is 3.32. The van der Waals surface area contributed by atoms with Gasteiger partial charge in [0.2, 0.25) is 15.9 Å². The highest BCUT2D eigenvalue weighted by Crippen LogP contribution is 2.26. The van der Waals surface area contributed by atoms with Crippen molar-refractivity contribution in [3.05, 3.63) is 18.2 Å². The van der Waals surface area contributed by atoms with Crippen molar-refractivity contribution in [2.45, 2.75) is 18.2 Å². The SMILES string of the molecule is CCCN(CC(=O)NC)S(=O)(=O)c1ccc(OC)c(N)c1. The number of rotatable bonds is 7. The first-order chi connectivity index (χ1) is 9.86. The van der Waals surface area contributed by atoms with Crippen LogP contribution in [0.2, 0.25) is 0 Å². The maximum absolute atomic E-state index is 12.6. The van der Waals surface area contributed by atoms with Gasteiger partial charge >= 0.3 is 0 Å². The molecule has 0 atom stereocenters. The molecule has 0 aliphatic rings. The molecule has 1 aromatic carbocycles. The number of nitrogens with two attached hydrogens (primary N) is 1. The first-order valence-electron chi connectivity index (χ1n) is 6.51. The van der Waals surface area contributed by atoms with E-state index in [9.17, 15) is 13.2 Å². The molecular weight excluding hydrogens is 294 g/mol. The van der Waals surface area contributed by atoms with Gasteiger partial charge in [-0.2, -0.15) is 4.31 Å². The Morgan fingerprint density at radius 3 is 2.57 bits per heavy atom. The summed E-state index contributed by atoms with van der Waals surface area (Å²) in [6.45, 7) is 1.87. The number of nitrogen functional groups attached to an aromatic ring is 1. The predicted molar refractivity (Wildman–Crippen MR) is 80.5 cm³/mol. The molecule has 0 saturated carbocycles. The second kappa shape index (κ2) is 7.28. The number of methoxy groups -OCH3 is 1. The zero-order valence-electron chi connectivity index (χ0n) is 12.4. The topological polar surface area (TPSA) is 102 Å². The van der Waals surface area contributed by atoms with E-state index in [0.29, 0.717) is 12.2 Å². The van der Waals surface area contributed by atoms with E-state index < -0.39 is 10.0 Å². The van der Waals surface area contributed by atoms with E-state index in [2.05, 4.69) is 5.32 Å². The zero-order chi connectivity index (χ0) is 16.0. The Balaban J connectivity index is 3.16. The first kappa shape index (κ1) is 17.3. The first-order valence-corrected chi connectivity index (χ1v) is 7.95. The van der Waals surface area contributed by atoms with Crippen molar-refractivity contribution in [1.29, 1.82) is 0 Å². The number of hydrogen-bond acceptors (Lipinski definition) is 5. The molecule has 21 heavy (non-hydrogen) atoms. The highest BCUT2D eigenvalue weighted by atomic mass is 32.2. The number of hydrogen-bond donors (Lipinski definition) is 2. The van der Waals surface area contributed by atoms with E-state index in [4.69, 9.17) is 10.5 Å². The van der Waals surface area contributed by atoms with Crippen molar-refractivity contribution in [3.8, 4) is 5.75 Å². The molecule has 0 bridgehead atoms. The van der Waals surface area contributed by atoms with Gasteiger partial charge in [0.15, 0.2) is 0 Å². The van der Waals surface area contributed by atoms with Gasteiger partial charge in [-0.15, -0.1) is 0 Å². The van der Waals surface area contributed by atoms with E-state index in [0.717, 1.165) is 4.31 Å². The van der Waals surface area contributed by atoms with Crippen LogP contribution in [-0.4, -0.2) is 45.9 Å². The van der Waals surface area contributed by atoms with E-state index >= 15 is 0 Å². The Bertz CT molecular complexity index is 601. The van der Waals surface area contributed by atoms with E-state index in [1.54, 1.807) is 0 Å². The van der Waals surface area contributed by atoms with Crippen LogP contribution in [0.4, 0.5) is 5.69 Å². The van der Waals surface area contributed by atoms with Gasteiger partial charge in [0.25, 0.3) is 0 Å². The molecule has 1 rings (SSSR count). The molecule has 8 heteroatoms. The Kier molecular flexibility index (Phi) is 5.98. The minimum absolute atomic E-state index is 0.0400. The molecule has 0 radical (unpaired) electrons. The van der Waals surface area contributed by atoms with Crippen molar-refractivity contribution in [1.82, 2.24) is 9.62 Å². The third-order valence-corrected chi connectivity index (χ3v) is 4.75. The van der Waals surface area contributed by atoms with Crippen LogP contribution in [0.3, 0.4) is 0 Å². The number of amides is 1. The van der Waals surface area contributed by atoms with Crippen molar-refractivity contribution >= 4 is 21.6 Å². The lowest BCUT2D eigenvalue weighted by Gasteiger charge is -2.21. The number of benzene rings is 1. The number of carbonyl (C=O) groups excluding carboxylic acids is 1. The molecule has 0 fully saturated rings. The number of ether oxygens (including phenoxy) is 1. The smallest absolute Gasteiger partial charge is 0.243 e. The molecule has 3 N–H and O–H groups in total. The molecule has 0 spiro atoms. The molecular formula is C13H21N3O4S. The Labute approximate surface area is 125 Å². The van der Waals surface area contributed by atoms with Crippen LogP contribution in [0.15, 0.2) is 23.1 Å². The summed E-state index contributed by atoms with van der Waals surface area (Å²) in [5, 5.41) is 2.42. The van der Waals surface area contributed by atoms with Crippen LogP contribution in [0, 0.1) is 0 Å². The average molecular weight is 315 g/mol. The summed E-state index contributed by atoms with van der Waals surface area (Å²) in [7, 11) is -0.863. The van der Waals surface area contributed by atoms with Gasteiger partial charge in [-0.05, 0) is 24.6 Å². The standard InChI is InChI=1S/C13H21N3O4S/c1-4-7-16(9-13(17)15-2)21(18,19)10-5-6-12(20-3)11(14)8-10/h5-6,8H,4,7,9,14H2,1-3H3,(H,15,17). The van der Waals surface area contributed by atoms with Crippen molar-refractivity contribution in [2.24, 2.45) is 0 Å². The summed E-state index contributed by atoms with van der Waals surface area (Å²) in [6.07, 6.45) is 0.599. The third-order valence-electron chi connectivity index (χ3n) is 2.91. The lowest BCUT2D eigenvalue weighted by molar-refractivity contribution is -0.120. The maximum Gasteiger partial charge on any atom is 0.243 e. The molecule has 0 aliphatic carbocycles. The Morgan fingerprint density at radius 2 is 2.10 bits per heavy atom. The number of carbonyl (C=O) groups is 1. The normalized spacial score (nSPS) is 11.4. The minimum atomic E-state index is -3.78. The van der Waals surface area contributed by atoms with Crippen LogP contribution in [0.5, 0.6) is 5.75 Å². The lowest BCUT2D eigenvalue weighted by Crippen LogP contribution is -2.40.